The highest BCUT2D eigenvalue weighted by molar-refractivity contribution is 5.69. The highest BCUT2D eigenvalue weighted by atomic mass is 19.1. The van der Waals surface area contributed by atoms with Crippen LogP contribution in [0.15, 0.2) is 17.8 Å². The predicted molar refractivity (Wildman–Crippen MR) is 38.6 cm³/mol. The molecule has 0 heterocycles. The molecule has 0 aromatic rings. The Hall–Kier alpha value is -0.900. The molecule has 0 aromatic heterocycles. The number of rotatable bonds is 5. The summed E-state index contributed by atoms with van der Waals surface area (Å²) < 4.78 is 12.2. The van der Waals surface area contributed by atoms with E-state index in [1.54, 1.807) is 0 Å². The molecule has 0 spiro atoms. The average Bonchev–Trinajstić information content (AvgIpc) is 1.98. The minimum absolute atomic E-state index is 0.0381. The van der Waals surface area contributed by atoms with Gasteiger partial charge in [-0.2, -0.15) is 0 Å². The van der Waals surface area contributed by atoms with Crippen molar-refractivity contribution >= 4 is 6.21 Å². The summed E-state index contributed by atoms with van der Waals surface area (Å²) in [5.41, 5.74) is 4.96. The lowest BCUT2D eigenvalue weighted by Crippen LogP contribution is -2.19. The summed E-state index contributed by atoms with van der Waals surface area (Å²) in [5, 5.41) is 3.34. The Bertz CT molecular complexity index is 116. The quantitative estimate of drug-likeness (QED) is 0.452. The lowest BCUT2D eigenvalue weighted by Gasteiger charge is -2.00. The van der Waals surface area contributed by atoms with E-state index >= 15 is 0 Å². The van der Waals surface area contributed by atoms with Crippen LogP contribution in [0.25, 0.3) is 0 Å². The zero-order chi connectivity index (χ0) is 7.82. The van der Waals surface area contributed by atoms with E-state index in [0.717, 1.165) is 0 Å². The SMILES string of the molecule is C=C/C=N/OCC(F)CN. The first kappa shape index (κ1) is 9.10. The monoisotopic (exact) mass is 146 g/mol. The van der Waals surface area contributed by atoms with Crippen molar-refractivity contribution in [3.05, 3.63) is 12.7 Å². The molecule has 3 nitrogen and oxygen atoms in total. The summed E-state index contributed by atoms with van der Waals surface area (Å²) in [6, 6.07) is 0. The van der Waals surface area contributed by atoms with Crippen molar-refractivity contribution in [2.45, 2.75) is 6.17 Å². The molecule has 0 aliphatic rings. The van der Waals surface area contributed by atoms with Crippen LogP contribution in [-0.4, -0.2) is 25.5 Å². The van der Waals surface area contributed by atoms with Gasteiger partial charge in [-0.25, -0.2) is 4.39 Å². The molecule has 0 rings (SSSR count). The van der Waals surface area contributed by atoms with Gasteiger partial charge in [0.25, 0.3) is 0 Å². The molecule has 1 unspecified atom stereocenters. The first-order valence-electron chi connectivity index (χ1n) is 2.91. The fraction of sp³-hybridized carbons (Fsp3) is 0.500. The van der Waals surface area contributed by atoms with Crippen LogP contribution in [0.4, 0.5) is 4.39 Å². The molecule has 0 aromatic carbocycles. The maximum Gasteiger partial charge on any atom is 0.149 e. The van der Waals surface area contributed by atoms with Crippen LogP contribution < -0.4 is 5.73 Å². The molecule has 2 N–H and O–H groups in total. The van der Waals surface area contributed by atoms with Crippen LogP contribution >= 0.6 is 0 Å². The van der Waals surface area contributed by atoms with Gasteiger partial charge in [-0.15, -0.1) is 0 Å². The van der Waals surface area contributed by atoms with Gasteiger partial charge in [-0.05, 0) is 6.08 Å². The first-order chi connectivity index (χ1) is 4.81. The predicted octanol–water partition coefficient (Wildman–Crippen LogP) is 0.472. The van der Waals surface area contributed by atoms with Gasteiger partial charge in [0.1, 0.15) is 12.8 Å². The summed E-state index contributed by atoms with van der Waals surface area (Å²) >= 11 is 0. The maximum atomic E-state index is 12.2. The van der Waals surface area contributed by atoms with Gasteiger partial charge in [0, 0.05) is 6.54 Å². The van der Waals surface area contributed by atoms with Gasteiger partial charge < -0.3 is 10.6 Å². The first-order valence-corrected chi connectivity index (χ1v) is 2.91. The van der Waals surface area contributed by atoms with E-state index in [2.05, 4.69) is 16.6 Å². The van der Waals surface area contributed by atoms with Gasteiger partial charge >= 0.3 is 0 Å². The maximum absolute atomic E-state index is 12.2. The largest absolute Gasteiger partial charge is 0.393 e. The molecule has 0 saturated carbocycles. The van der Waals surface area contributed by atoms with Crippen molar-refractivity contribution in [1.82, 2.24) is 0 Å². The van der Waals surface area contributed by atoms with Gasteiger partial charge in [0.05, 0.1) is 6.21 Å². The van der Waals surface area contributed by atoms with Crippen molar-refractivity contribution in [1.29, 1.82) is 0 Å². The molecule has 0 aliphatic heterocycles. The van der Waals surface area contributed by atoms with Crippen molar-refractivity contribution in [3.8, 4) is 0 Å². The van der Waals surface area contributed by atoms with Crippen LogP contribution in [0.3, 0.4) is 0 Å². The van der Waals surface area contributed by atoms with Gasteiger partial charge in [-0.3, -0.25) is 0 Å². The summed E-state index contributed by atoms with van der Waals surface area (Å²) in [5.74, 6) is 0. The second-order valence-electron chi connectivity index (χ2n) is 1.62. The van der Waals surface area contributed by atoms with E-state index < -0.39 is 6.17 Å². The second-order valence-corrected chi connectivity index (χ2v) is 1.62. The topological polar surface area (TPSA) is 47.6 Å². The van der Waals surface area contributed by atoms with E-state index in [0.29, 0.717) is 0 Å². The molecule has 0 amide bonds. The van der Waals surface area contributed by atoms with E-state index in [1.165, 1.54) is 12.3 Å². The van der Waals surface area contributed by atoms with Gasteiger partial charge in [0.2, 0.25) is 0 Å². The van der Waals surface area contributed by atoms with Crippen LogP contribution in [0.5, 0.6) is 0 Å². The molecule has 0 aliphatic carbocycles. The number of nitrogens with zero attached hydrogens (tertiary/aromatic N) is 1. The zero-order valence-corrected chi connectivity index (χ0v) is 5.66. The highest BCUT2D eigenvalue weighted by Crippen LogP contribution is 1.88. The van der Waals surface area contributed by atoms with E-state index in [4.69, 9.17) is 5.73 Å². The van der Waals surface area contributed by atoms with E-state index in [1.807, 2.05) is 0 Å². The van der Waals surface area contributed by atoms with E-state index in [9.17, 15) is 4.39 Å². The van der Waals surface area contributed by atoms with Crippen LogP contribution in [0.1, 0.15) is 0 Å². The van der Waals surface area contributed by atoms with Crippen molar-refractivity contribution in [3.63, 3.8) is 0 Å². The molecule has 4 heteroatoms. The summed E-state index contributed by atoms with van der Waals surface area (Å²) in [7, 11) is 0. The van der Waals surface area contributed by atoms with E-state index in [-0.39, 0.29) is 13.2 Å². The highest BCUT2D eigenvalue weighted by Gasteiger charge is 2.01. The van der Waals surface area contributed by atoms with Crippen molar-refractivity contribution in [2.24, 2.45) is 10.9 Å². The number of allylic oxidation sites excluding steroid dienone is 1. The Kier molecular flexibility index (Phi) is 5.66. The minimum Gasteiger partial charge on any atom is -0.393 e. The number of halogens is 1. The number of hydrogen-bond acceptors (Lipinski definition) is 3. The Morgan fingerprint density at radius 1 is 1.80 bits per heavy atom. The number of alkyl halides is 1. The smallest absolute Gasteiger partial charge is 0.149 e. The molecule has 0 bridgehead atoms. The Labute approximate surface area is 59.3 Å². The number of hydrogen-bond donors (Lipinski definition) is 1. The molecule has 1 atom stereocenters. The molecule has 10 heavy (non-hydrogen) atoms. The Balaban J connectivity index is 3.18. The lowest BCUT2D eigenvalue weighted by molar-refractivity contribution is 0.0911. The molecule has 0 fully saturated rings. The standard InChI is InChI=1S/C6H11FN2O/c1-2-3-9-10-5-6(7)4-8/h2-3,6H,1,4-5,8H2/b9-3+. The zero-order valence-electron chi connectivity index (χ0n) is 5.66. The number of nitrogens with two attached hydrogens (primary N) is 1. The Morgan fingerprint density at radius 2 is 2.50 bits per heavy atom. The third-order valence-electron chi connectivity index (χ3n) is 0.752. The van der Waals surface area contributed by atoms with Crippen LogP contribution in [0.2, 0.25) is 0 Å². The van der Waals surface area contributed by atoms with Crippen LogP contribution in [-0.2, 0) is 4.84 Å². The fourth-order valence-electron chi connectivity index (χ4n) is 0.278. The van der Waals surface area contributed by atoms with Crippen molar-refractivity contribution < 1.29 is 9.23 Å². The van der Waals surface area contributed by atoms with Crippen LogP contribution in [0, 0.1) is 0 Å². The minimum atomic E-state index is -1.14. The second kappa shape index (κ2) is 6.22. The molecule has 58 valence electrons. The third-order valence-corrected chi connectivity index (χ3v) is 0.752. The summed E-state index contributed by atoms with van der Waals surface area (Å²) in [4.78, 5) is 4.47. The summed E-state index contributed by atoms with van der Waals surface area (Å²) in [6.45, 7) is 3.22. The van der Waals surface area contributed by atoms with Crippen molar-refractivity contribution in [2.75, 3.05) is 13.2 Å². The van der Waals surface area contributed by atoms with Gasteiger partial charge in [-0.1, -0.05) is 11.7 Å². The Morgan fingerprint density at radius 3 is 3.00 bits per heavy atom. The third kappa shape index (κ3) is 5.24. The number of oxime groups is 1. The molecule has 0 radical (unpaired) electrons. The molecular weight excluding hydrogens is 135 g/mol. The lowest BCUT2D eigenvalue weighted by atomic mass is 10.4. The average molecular weight is 146 g/mol. The fourth-order valence-corrected chi connectivity index (χ4v) is 0.278. The molecular formula is C6H11FN2O. The normalized spacial score (nSPS) is 13.4. The van der Waals surface area contributed by atoms with Gasteiger partial charge in [0.15, 0.2) is 0 Å². The molecule has 0 saturated heterocycles. The summed E-state index contributed by atoms with van der Waals surface area (Å²) in [6.07, 6.45) is 1.64.